The molecule has 0 aliphatic heterocycles. The van der Waals surface area contributed by atoms with Crippen LogP contribution in [0.25, 0.3) is 0 Å². The van der Waals surface area contributed by atoms with Gasteiger partial charge in [-0.1, -0.05) is 53.4 Å². The lowest BCUT2D eigenvalue weighted by molar-refractivity contribution is -2.00. The van der Waals surface area contributed by atoms with Crippen LogP contribution >= 0.6 is 17.2 Å². The SMILES string of the molecule is CCCC[P+](CCCC)(CCCC)CCCC.[O-][Cl+3]([O-])([O-])[O-].[O-][Cl+3]([O-])([O-])[O-].[PH4+]. The maximum atomic E-state index is 8.49. The van der Waals surface area contributed by atoms with Gasteiger partial charge >= 0.3 is 0 Å². The second-order valence-corrected chi connectivity index (χ2v) is 12.4. The van der Waals surface area contributed by atoms with Crippen LogP contribution in [0.1, 0.15) is 79.1 Å². The molecule has 0 aliphatic rings. The Labute approximate surface area is 178 Å². The molecule has 0 heterocycles. The molecule has 0 amide bonds. The minimum Gasteiger partial charge on any atom is -0.222 e. The monoisotopic (exact) mass is 492 g/mol. The first-order valence-electron chi connectivity index (χ1n) is 9.33. The second-order valence-electron chi connectivity index (χ2n) is 6.41. The van der Waals surface area contributed by atoms with Gasteiger partial charge in [-0.05, 0) is 35.6 Å². The molecule has 0 N–H and O–H groups in total. The summed E-state index contributed by atoms with van der Waals surface area (Å²) in [5.74, 6) is 0. The van der Waals surface area contributed by atoms with Crippen molar-refractivity contribution in [3.63, 3.8) is 0 Å². The predicted octanol–water partition coefficient (Wildman–Crippen LogP) is -3.52. The molecular formula is C16H40Cl2O8P2. The highest BCUT2D eigenvalue weighted by atomic mass is 35.7. The van der Waals surface area contributed by atoms with Crippen molar-refractivity contribution >= 4 is 17.2 Å². The first kappa shape index (κ1) is 36.5. The molecular weight excluding hydrogens is 453 g/mol. The molecule has 176 valence electrons. The molecule has 0 aromatic rings. The topological polar surface area (TPSA) is 184 Å². The normalized spacial score (nSPS) is 11.6. The van der Waals surface area contributed by atoms with E-state index in [-0.39, 0.29) is 9.90 Å². The van der Waals surface area contributed by atoms with Gasteiger partial charge in [0.05, 0.1) is 24.6 Å². The molecule has 1 unspecified atom stereocenters. The average Bonchev–Trinajstić information content (AvgIpc) is 2.50. The fourth-order valence-electron chi connectivity index (χ4n) is 2.64. The van der Waals surface area contributed by atoms with Gasteiger partial charge in [0.25, 0.3) is 0 Å². The zero-order valence-corrected chi connectivity index (χ0v) is 22.4. The quantitative estimate of drug-likeness (QED) is 0.251. The van der Waals surface area contributed by atoms with Crippen LogP contribution in [0.4, 0.5) is 0 Å². The summed E-state index contributed by atoms with van der Waals surface area (Å²) in [5, 5.41) is 0. The summed E-state index contributed by atoms with van der Waals surface area (Å²) in [6.07, 6.45) is 17.9. The number of hydrogen-bond acceptors (Lipinski definition) is 8. The van der Waals surface area contributed by atoms with E-state index in [0.717, 1.165) is 0 Å². The van der Waals surface area contributed by atoms with Crippen LogP contribution in [0.15, 0.2) is 0 Å². The van der Waals surface area contributed by atoms with Crippen molar-refractivity contribution in [2.45, 2.75) is 79.1 Å². The molecule has 0 rings (SSSR count). The third-order valence-corrected chi connectivity index (χ3v) is 9.00. The summed E-state index contributed by atoms with van der Waals surface area (Å²) in [6, 6.07) is 0. The van der Waals surface area contributed by atoms with E-state index in [1.807, 2.05) is 0 Å². The Balaban J connectivity index is -0.000000216. The van der Waals surface area contributed by atoms with Crippen LogP contribution in [0.3, 0.4) is 0 Å². The number of hydrogen-bond donors (Lipinski definition) is 0. The second kappa shape index (κ2) is 21.4. The molecule has 28 heavy (non-hydrogen) atoms. The van der Waals surface area contributed by atoms with E-state index in [1.54, 1.807) is 24.6 Å². The van der Waals surface area contributed by atoms with Crippen molar-refractivity contribution < 1.29 is 57.8 Å². The fraction of sp³-hybridized carbons (Fsp3) is 1.00. The van der Waals surface area contributed by atoms with Gasteiger partial charge in [0.15, 0.2) is 0 Å². The first-order valence-corrected chi connectivity index (χ1v) is 14.3. The van der Waals surface area contributed by atoms with Crippen molar-refractivity contribution in [1.29, 1.82) is 0 Å². The predicted molar refractivity (Wildman–Crippen MR) is 98.5 cm³/mol. The molecule has 0 saturated carbocycles. The van der Waals surface area contributed by atoms with Crippen molar-refractivity contribution in [2.75, 3.05) is 24.6 Å². The van der Waals surface area contributed by atoms with Crippen LogP contribution in [-0.4, -0.2) is 24.6 Å². The summed E-state index contributed by atoms with van der Waals surface area (Å²) in [6.45, 7) is 9.42. The lowest BCUT2D eigenvalue weighted by Crippen LogP contribution is -2.68. The molecule has 0 radical (unpaired) electrons. The van der Waals surface area contributed by atoms with E-state index < -0.39 is 27.7 Å². The Morgan fingerprint density at radius 1 is 0.464 bits per heavy atom. The third kappa shape index (κ3) is 41.5. The van der Waals surface area contributed by atoms with Gasteiger partial charge in [0.1, 0.15) is 0 Å². The summed E-state index contributed by atoms with van der Waals surface area (Å²) in [7, 11) is -10.5. The maximum Gasteiger partial charge on any atom is 0.0594 e. The van der Waals surface area contributed by atoms with E-state index in [4.69, 9.17) is 37.3 Å². The molecule has 1 atom stereocenters. The van der Waals surface area contributed by atoms with Crippen LogP contribution in [-0.2, 0) is 0 Å². The average molecular weight is 493 g/mol. The Morgan fingerprint density at radius 3 is 0.714 bits per heavy atom. The molecule has 8 nitrogen and oxygen atoms in total. The van der Waals surface area contributed by atoms with Crippen molar-refractivity contribution in [3.05, 3.63) is 0 Å². The molecule has 0 aromatic carbocycles. The molecule has 0 fully saturated rings. The number of halogens is 2. The molecule has 0 aromatic heterocycles. The first-order chi connectivity index (χ1) is 12.2. The largest absolute Gasteiger partial charge is 0.222 e. The highest BCUT2D eigenvalue weighted by Crippen LogP contribution is 2.61. The summed E-state index contributed by atoms with van der Waals surface area (Å²) < 4.78 is 67.9. The minimum absolute atomic E-state index is 0. The minimum atomic E-state index is -4.94. The standard InChI is InChI=1S/C16H36P.2ClHO4.H3P/c1-5-9-13-17(14-10-6-2,15-11-7-3)16-12-8-4;2*2-1(3,4)5;/h5-16H2,1-4H3;2*(H,2,3,4,5);1H3/q+1;;;/p-1. The van der Waals surface area contributed by atoms with Gasteiger partial charge in [-0.15, -0.1) is 20.5 Å². The highest BCUT2D eigenvalue weighted by molar-refractivity contribution is 7.75. The van der Waals surface area contributed by atoms with Gasteiger partial charge < -0.3 is 0 Å². The zero-order valence-electron chi connectivity index (χ0n) is 18.0. The Hall–Kier alpha value is 1.12. The Kier molecular flexibility index (Phi) is 27.8. The Morgan fingerprint density at radius 2 is 0.607 bits per heavy atom. The highest BCUT2D eigenvalue weighted by Gasteiger charge is 2.34. The van der Waals surface area contributed by atoms with Gasteiger partial charge in [0.2, 0.25) is 0 Å². The lowest BCUT2D eigenvalue weighted by Gasteiger charge is -2.28. The molecule has 0 spiro atoms. The zero-order chi connectivity index (χ0) is 22.0. The van der Waals surface area contributed by atoms with Gasteiger partial charge in [0, 0.05) is 7.26 Å². The third-order valence-electron chi connectivity index (χ3n) is 3.94. The molecule has 12 heteroatoms. The van der Waals surface area contributed by atoms with Gasteiger partial charge in [-0.25, -0.2) is 37.3 Å². The summed E-state index contributed by atoms with van der Waals surface area (Å²) in [4.78, 5) is 0. The van der Waals surface area contributed by atoms with Crippen molar-refractivity contribution in [2.24, 2.45) is 0 Å². The van der Waals surface area contributed by atoms with Crippen molar-refractivity contribution in [3.8, 4) is 0 Å². The van der Waals surface area contributed by atoms with E-state index in [2.05, 4.69) is 27.7 Å². The lowest BCUT2D eigenvalue weighted by atomic mass is 10.4. The van der Waals surface area contributed by atoms with E-state index in [1.165, 1.54) is 51.4 Å². The number of rotatable bonds is 12. The Bertz CT molecular complexity index is 254. The van der Waals surface area contributed by atoms with Crippen LogP contribution < -0.4 is 37.3 Å². The van der Waals surface area contributed by atoms with Crippen LogP contribution in [0.5, 0.6) is 0 Å². The fourth-order valence-corrected chi connectivity index (χ4v) is 7.93. The summed E-state index contributed by atoms with van der Waals surface area (Å²) in [5.41, 5.74) is 0. The van der Waals surface area contributed by atoms with Crippen LogP contribution in [0.2, 0.25) is 0 Å². The van der Waals surface area contributed by atoms with Crippen molar-refractivity contribution in [1.82, 2.24) is 0 Å². The molecule has 0 saturated heterocycles. The smallest absolute Gasteiger partial charge is 0.0594 e. The van der Waals surface area contributed by atoms with Gasteiger partial charge in [-0.3, -0.25) is 0 Å². The maximum absolute atomic E-state index is 8.49. The van der Waals surface area contributed by atoms with E-state index in [9.17, 15) is 0 Å². The van der Waals surface area contributed by atoms with E-state index in [0.29, 0.717) is 0 Å². The van der Waals surface area contributed by atoms with E-state index >= 15 is 0 Å². The number of unbranched alkanes of at least 4 members (excludes halogenated alkanes) is 4. The summed E-state index contributed by atoms with van der Waals surface area (Å²) >= 11 is 0. The van der Waals surface area contributed by atoms with Gasteiger partial charge in [-0.2, -0.15) is 0 Å². The molecule has 0 bridgehead atoms. The van der Waals surface area contributed by atoms with Crippen LogP contribution in [0, 0.1) is 20.5 Å². The molecule has 0 aliphatic carbocycles.